The van der Waals surface area contributed by atoms with Crippen molar-refractivity contribution in [1.29, 1.82) is 0 Å². The Morgan fingerprint density at radius 2 is 1.70 bits per heavy atom. The van der Waals surface area contributed by atoms with Gasteiger partial charge in [-0.3, -0.25) is 14.9 Å². The Morgan fingerprint density at radius 1 is 0.925 bits per heavy atom. The molecule has 0 radical (unpaired) electrons. The van der Waals surface area contributed by atoms with Crippen LogP contribution in [0.25, 0.3) is 16.8 Å². The predicted octanol–water partition coefficient (Wildman–Crippen LogP) is 6.90. The monoisotopic (exact) mass is 568 g/mol. The molecule has 1 heterocycles. The summed E-state index contributed by atoms with van der Waals surface area (Å²) in [7, 11) is 0. The van der Waals surface area contributed by atoms with Gasteiger partial charge in [0.25, 0.3) is 11.8 Å². The van der Waals surface area contributed by atoms with Crippen LogP contribution in [0.1, 0.15) is 16.7 Å². The first kappa shape index (κ1) is 26.9. The number of nitrogens with one attached hydrogen (secondary N) is 1. The van der Waals surface area contributed by atoms with E-state index in [1.807, 2.05) is 5.32 Å². The number of carbonyl (C=O) groups is 3. The van der Waals surface area contributed by atoms with Crippen molar-refractivity contribution in [2.24, 2.45) is 0 Å². The number of imide groups is 2. The molecule has 1 N–H and O–H groups in total. The smallest absolute Gasteiger partial charge is 0.416 e. The van der Waals surface area contributed by atoms with Gasteiger partial charge < -0.3 is 4.74 Å². The number of hydrogen-bond acceptors (Lipinski definition) is 4. The predicted molar refractivity (Wildman–Crippen MR) is 140 cm³/mol. The molecule has 202 valence electrons. The minimum Gasteiger partial charge on any atom is -0.488 e. The number of anilines is 1. The molecule has 6 nitrogen and oxygen atoms in total. The van der Waals surface area contributed by atoms with Crippen molar-refractivity contribution in [3.8, 4) is 5.75 Å². The maximum absolute atomic E-state index is 13.7. The number of ether oxygens (including phenoxy) is 1. The van der Waals surface area contributed by atoms with E-state index in [2.05, 4.69) is 0 Å². The van der Waals surface area contributed by atoms with Gasteiger partial charge in [-0.05, 0) is 58.8 Å². The van der Waals surface area contributed by atoms with E-state index in [1.54, 1.807) is 42.5 Å². The number of urea groups is 1. The Balaban J connectivity index is 1.60. The average molecular weight is 569 g/mol. The number of barbiturate groups is 1. The Morgan fingerprint density at radius 3 is 2.45 bits per heavy atom. The molecule has 0 unspecified atom stereocenters. The summed E-state index contributed by atoms with van der Waals surface area (Å²) >= 11 is 6.08. The Hall–Kier alpha value is -4.70. The van der Waals surface area contributed by atoms with Crippen LogP contribution in [0.3, 0.4) is 0 Å². The van der Waals surface area contributed by atoms with Crippen LogP contribution in [0.5, 0.6) is 5.75 Å². The van der Waals surface area contributed by atoms with Gasteiger partial charge in [-0.15, -0.1) is 0 Å². The van der Waals surface area contributed by atoms with E-state index in [0.717, 1.165) is 11.5 Å². The fraction of sp³-hybridized carbons (Fsp3) is 0.0690. The van der Waals surface area contributed by atoms with E-state index in [9.17, 15) is 31.9 Å². The molecule has 4 aromatic rings. The van der Waals surface area contributed by atoms with Gasteiger partial charge in [-0.25, -0.2) is 14.1 Å². The van der Waals surface area contributed by atoms with Crippen molar-refractivity contribution in [2.45, 2.75) is 12.8 Å². The van der Waals surface area contributed by atoms with Crippen LogP contribution in [0.2, 0.25) is 5.02 Å². The van der Waals surface area contributed by atoms with Crippen LogP contribution in [-0.2, 0) is 22.4 Å². The lowest BCUT2D eigenvalue weighted by Gasteiger charge is -2.27. The first-order valence-corrected chi connectivity index (χ1v) is 12.1. The highest BCUT2D eigenvalue weighted by Crippen LogP contribution is 2.37. The number of carbonyl (C=O) groups excluding carboxylic acids is 3. The molecule has 11 heteroatoms. The molecule has 1 aliphatic rings. The summed E-state index contributed by atoms with van der Waals surface area (Å²) in [5, 5.41) is 2.98. The van der Waals surface area contributed by atoms with Gasteiger partial charge in [-0.1, -0.05) is 54.1 Å². The number of hydrogen-bond donors (Lipinski definition) is 1. The Kier molecular flexibility index (Phi) is 7.03. The van der Waals surface area contributed by atoms with Crippen LogP contribution in [0, 0.1) is 5.82 Å². The molecule has 0 aliphatic carbocycles. The topological polar surface area (TPSA) is 75.7 Å². The lowest BCUT2D eigenvalue weighted by atomic mass is 9.99. The number of amides is 4. The number of rotatable bonds is 5. The number of fused-ring (bicyclic) bond motifs is 1. The fourth-order valence-corrected chi connectivity index (χ4v) is 4.42. The number of benzene rings is 4. The SMILES string of the molecule is O=C1NC(=O)N(c2cc(C(F)(F)F)ccc2Cl)C(=O)/C1=C\c1c(OCc2cccc(F)c2)ccc2ccccc12. The quantitative estimate of drug-likeness (QED) is 0.161. The van der Waals surface area contributed by atoms with Gasteiger partial charge in [0.2, 0.25) is 0 Å². The Bertz CT molecular complexity index is 1720. The van der Waals surface area contributed by atoms with Crippen LogP contribution in [0.15, 0.2) is 84.4 Å². The molecular weight excluding hydrogens is 552 g/mol. The second kappa shape index (κ2) is 10.5. The highest BCUT2D eigenvalue weighted by atomic mass is 35.5. The highest BCUT2D eigenvalue weighted by Gasteiger charge is 2.39. The first-order valence-electron chi connectivity index (χ1n) is 11.7. The van der Waals surface area contributed by atoms with Crippen molar-refractivity contribution in [1.82, 2.24) is 5.32 Å². The second-order valence-corrected chi connectivity index (χ2v) is 9.15. The average Bonchev–Trinajstić information content (AvgIpc) is 2.90. The summed E-state index contributed by atoms with van der Waals surface area (Å²) in [6.07, 6.45) is -3.58. The van der Waals surface area contributed by atoms with E-state index in [0.29, 0.717) is 28.0 Å². The third kappa shape index (κ3) is 5.26. The molecule has 4 aromatic carbocycles. The summed E-state index contributed by atoms with van der Waals surface area (Å²) in [6, 6.07) is 17.0. The summed E-state index contributed by atoms with van der Waals surface area (Å²) in [4.78, 5) is 39.3. The van der Waals surface area contributed by atoms with Gasteiger partial charge in [0, 0.05) is 5.56 Å². The van der Waals surface area contributed by atoms with E-state index in [1.165, 1.54) is 24.3 Å². The van der Waals surface area contributed by atoms with E-state index < -0.39 is 46.7 Å². The minimum atomic E-state index is -4.78. The van der Waals surface area contributed by atoms with Crippen LogP contribution in [-0.4, -0.2) is 17.8 Å². The van der Waals surface area contributed by atoms with Gasteiger partial charge in [-0.2, -0.15) is 13.2 Å². The fourth-order valence-electron chi connectivity index (χ4n) is 4.22. The van der Waals surface area contributed by atoms with Crippen molar-refractivity contribution in [3.05, 3.63) is 112 Å². The summed E-state index contributed by atoms with van der Waals surface area (Å²) in [5.41, 5.74) is -1.42. The number of nitrogens with zero attached hydrogens (tertiary/aromatic N) is 1. The zero-order valence-electron chi connectivity index (χ0n) is 20.3. The molecule has 40 heavy (non-hydrogen) atoms. The van der Waals surface area contributed by atoms with Gasteiger partial charge >= 0.3 is 12.2 Å². The molecule has 0 atom stereocenters. The molecule has 0 saturated carbocycles. The van der Waals surface area contributed by atoms with Crippen LogP contribution in [0.4, 0.5) is 28.0 Å². The molecule has 1 saturated heterocycles. The molecule has 5 rings (SSSR count). The Labute approximate surface area is 229 Å². The van der Waals surface area contributed by atoms with Crippen molar-refractivity contribution in [3.63, 3.8) is 0 Å². The van der Waals surface area contributed by atoms with Crippen molar-refractivity contribution >= 4 is 52.0 Å². The molecule has 4 amide bonds. The lowest BCUT2D eigenvalue weighted by Crippen LogP contribution is -2.54. The first-order chi connectivity index (χ1) is 19.0. The normalized spacial score (nSPS) is 15.1. The standard InChI is InChI=1S/C29H17ClF4N2O4/c30-23-10-9-18(29(32,33)34)13-24(23)36-27(38)22(26(37)35-28(36)39)14-21-20-7-2-1-5-17(20)8-11-25(21)40-15-16-4-3-6-19(31)12-16/h1-14H,15H2,(H,35,37,39)/b22-14-. The zero-order chi connectivity index (χ0) is 28.6. The van der Waals surface area contributed by atoms with E-state index >= 15 is 0 Å². The number of alkyl halides is 3. The molecule has 1 fully saturated rings. The van der Waals surface area contributed by atoms with E-state index in [-0.39, 0.29) is 22.9 Å². The highest BCUT2D eigenvalue weighted by molar-refractivity contribution is 6.42. The second-order valence-electron chi connectivity index (χ2n) is 8.74. The van der Waals surface area contributed by atoms with Crippen LogP contribution < -0.4 is 15.0 Å². The number of halogens is 5. The van der Waals surface area contributed by atoms with Crippen molar-refractivity contribution in [2.75, 3.05) is 4.90 Å². The molecule has 0 bridgehead atoms. The van der Waals surface area contributed by atoms with Crippen LogP contribution >= 0.6 is 11.6 Å². The summed E-state index contributed by atoms with van der Waals surface area (Å²) in [6.45, 7) is -0.0448. The lowest BCUT2D eigenvalue weighted by molar-refractivity contribution is -0.137. The molecule has 0 spiro atoms. The molecule has 1 aliphatic heterocycles. The third-order valence-corrected chi connectivity index (χ3v) is 6.44. The van der Waals surface area contributed by atoms with E-state index in [4.69, 9.17) is 16.3 Å². The maximum Gasteiger partial charge on any atom is 0.416 e. The summed E-state index contributed by atoms with van der Waals surface area (Å²) in [5.74, 6) is -2.46. The van der Waals surface area contributed by atoms with Gasteiger partial charge in [0.1, 0.15) is 23.7 Å². The van der Waals surface area contributed by atoms with Gasteiger partial charge in [0.15, 0.2) is 0 Å². The largest absolute Gasteiger partial charge is 0.488 e. The summed E-state index contributed by atoms with van der Waals surface area (Å²) < 4.78 is 59.6. The van der Waals surface area contributed by atoms with Crippen molar-refractivity contribution < 1.29 is 36.7 Å². The van der Waals surface area contributed by atoms with Gasteiger partial charge in [0.05, 0.1) is 16.3 Å². The third-order valence-electron chi connectivity index (χ3n) is 6.12. The zero-order valence-corrected chi connectivity index (χ0v) is 21.0. The maximum atomic E-state index is 13.7. The molecule has 0 aromatic heterocycles. The molecular formula is C29H17ClF4N2O4. The minimum absolute atomic E-state index is 0.0448.